The number of aliphatic imine (C=N–C) groups is 1. The maximum atomic E-state index is 4.87. The van der Waals surface area contributed by atoms with E-state index in [1.165, 1.54) is 11.1 Å². The van der Waals surface area contributed by atoms with Crippen molar-refractivity contribution < 1.29 is 0 Å². The standard InChI is InChI=1S/C20H30N6/c1-4-19-24-23-15-26(19)12-10-21-20(22-13-16(2)3)25-11-9-17-7-5-6-8-18(17)14-25/h5-8,15-16H,4,9-14H2,1-3H3,(H,21,22). The first-order valence-corrected chi connectivity index (χ1v) is 9.64. The Kier molecular flexibility index (Phi) is 6.26. The van der Waals surface area contributed by atoms with Crippen LogP contribution < -0.4 is 5.32 Å². The zero-order chi connectivity index (χ0) is 18.4. The van der Waals surface area contributed by atoms with E-state index >= 15 is 0 Å². The first-order chi connectivity index (χ1) is 12.7. The van der Waals surface area contributed by atoms with E-state index in [9.17, 15) is 0 Å². The minimum atomic E-state index is 0.549. The van der Waals surface area contributed by atoms with E-state index in [0.717, 1.165) is 57.3 Å². The van der Waals surface area contributed by atoms with E-state index < -0.39 is 0 Å². The molecule has 0 atom stereocenters. The van der Waals surface area contributed by atoms with Gasteiger partial charge in [0.15, 0.2) is 5.96 Å². The highest BCUT2D eigenvalue weighted by Gasteiger charge is 2.19. The van der Waals surface area contributed by atoms with Gasteiger partial charge in [0.2, 0.25) is 0 Å². The topological polar surface area (TPSA) is 58.3 Å². The van der Waals surface area contributed by atoms with E-state index in [1.807, 2.05) is 6.33 Å². The summed E-state index contributed by atoms with van der Waals surface area (Å²) >= 11 is 0. The van der Waals surface area contributed by atoms with E-state index in [1.54, 1.807) is 0 Å². The Morgan fingerprint density at radius 1 is 1.27 bits per heavy atom. The Hall–Kier alpha value is -2.37. The molecule has 140 valence electrons. The van der Waals surface area contributed by atoms with E-state index in [4.69, 9.17) is 4.99 Å². The van der Waals surface area contributed by atoms with Gasteiger partial charge in [0.05, 0.1) is 0 Å². The Morgan fingerprint density at radius 3 is 2.85 bits per heavy atom. The minimum Gasteiger partial charge on any atom is -0.354 e. The summed E-state index contributed by atoms with van der Waals surface area (Å²) in [6.45, 7) is 11.0. The minimum absolute atomic E-state index is 0.549. The van der Waals surface area contributed by atoms with Gasteiger partial charge in [0.1, 0.15) is 12.2 Å². The first-order valence-electron chi connectivity index (χ1n) is 9.64. The highest BCUT2D eigenvalue weighted by atomic mass is 15.3. The Morgan fingerprint density at radius 2 is 2.08 bits per heavy atom. The van der Waals surface area contributed by atoms with Crippen LogP contribution in [0.5, 0.6) is 0 Å². The molecule has 3 rings (SSSR count). The molecular weight excluding hydrogens is 324 g/mol. The number of aryl methyl sites for hydroxylation is 1. The molecule has 0 spiro atoms. The van der Waals surface area contributed by atoms with Gasteiger partial charge in [-0.3, -0.25) is 4.99 Å². The van der Waals surface area contributed by atoms with Gasteiger partial charge in [0.25, 0.3) is 0 Å². The van der Waals surface area contributed by atoms with Gasteiger partial charge in [-0.2, -0.15) is 0 Å². The lowest BCUT2D eigenvalue weighted by molar-refractivity contribution is 0.375. The number of rotatable bonds is 6. The predicted molar refractivity (Wildman–Crippen MR) is 105 cm³/mol. The fourth-order valence-corrected chi connectivity index (χ4v) is 3.24. The fraction of sp³-hybridized carbons (Fsp3) is 0.550. The number of guanidine groups is 1. The fourth-order valence-electron chi connectivity index (χ4n) is 3.24. The average molecular weight is 355 g/mol. The van der Waals surface area contributed by atoms with Crippen molar-refractivity contribution in [1.82, 2.24) is 25.0 Å². The smallest absolute Gasteiger partial charge is 0.194 e. The molecule has 0 unspecified atom stereocenters. The summed E-state index contributed by atoms with van der Waals surface area (Å²) in [6, 6.07) is 8.72. The molecule has 0 saturated carbocycles. The summed E-state index contributed by atoms with van der Waals surface area (Å²) in [5.74, 6) is 2.59. The van der Waals surface area contributed by atoms with Crippen LogP contribution in [0.15, 0.2) is 35.6 Å². The Labute approximate surface area is 156 Å². The summed E-state index contributed by atoms with van der Waals surface area (Å²) in [5.41, 5.74) is 2.87. The van der Waals surface area contributed by atoms with Crippen molar-refractivity contribution in [1.29, 1.82) is 0 Å². The zero-order valence-corrected chi connectivity index (χ0v) is 16.1. The SMILES string of the molecule is CCc1nncn1CCNC(=NCC(C)C)N1CCc2ccccc2C1. The number of aromatic nitrogens is 3. The molecule has 1 aromatic carbocycles. The van der Waals surface area contributed by atoms with Crippen LogP contribution in [0.2, 0.25) is 0 Å². The molecule has 0 amide bonds. The molecule has 0 aliphatic carbocycles. The lowest BCUT2D eigenvalue weighted by atomic mass is 10.0. The Balaban J connectivity index is 1.65. The quantitative estimate of drug-likeness (QED) is 0.640. The van der Waals surface area contributed by atoms with Gasteiger partial charge < -0.3 is 14.8 Å². The highest BCUT2D eigenvalue weighted by Crippen LogP contribution is 2.18. The number of benzene rings is 1. The molecule has 1 aliphatic heterocycles. The van der Waals surface area contributed by atoms with Crippen LogP contribution in [-0.4, -0.2) is 45.3 Å². The molecule has 0 radical (unpaired) electrons. The highest BCUT2D eigenvalue weighted by molar-refractivity contribution is 5.80. The molecular formula is C20H30N6. The molecule has 0 bridgehead atoms. The van der Waals surface area contributed by atoms with Crippen LogP contribution >= 0.6 is 0 Å². The summed E-state index contributed by atoms with van der Waals surface area (Å²) in [5, 5.41) is 11.7. The molecule has 6 nitrogen and oxygen atoms in total. The van der Waals surface area contributed by atoms with Crippen LogP contribution in [0.1, 0.15) is 37.7 Å². The zero-order valence-electron chi connectivity index (χ0n) is 16.1. The average Bonchev–Trinajstić information content (AvgIpc) is 3.11. The van der Waals surface area contributed by atoms with Crippen molar-refractivity contribution >= 4 is 5.96 Å². The predicted octanol–water partition coefficient (Wildman–Crippen LogP) is 2.50. The third-order valence-corrected chi connectivity index (χ3v) is 4.68. The summed E-state index contributed by atoms with van der Waals surface area (Å²) in [4.78, 5) is 7.24. The largest absolute Gasteiger partial charge is 0.354 e. The van der Waals surface area contributed by atoms with Crippen molar-refractivity contribution in [2.24, 2.45) is 10.9 Å². The Bertz CT molecular complexity index is 733. The third kappa shape index (κ3) is 4.62. The van der Waals surface area contributed by atoms with Crippen molar-refractivity contribution in [3.63, 3.8) is 0 Å². The van der Waals surface area contributed by atoms with Gasteiger partial charge >= 0.3 is 0 Å². The molecule has 1 N–H and O–H groups in total. The molecule has 6 heteroatoms. The van der Waals surface area contributed by atoms with Crippen LogP contribution in [-0.2, 0) is 25.9 Å². The number of fused-ring (bicyclic) bond motifs is 1. The first kappa shape index (κ1) is 18.4. The molecule has 1 aliphatic rings. The second kappa shape index (κ2) is 8.83. The summed E-state index contributed by atoms with van der Waals surface area (Å²) in [6.07, 6.45) is 3.78. The number of nitrogens with one attached hydrogen (secondary N) is 1. The molecule has 1 aromatic heterocycles. The lowest BCUT2D eigenvalue weighted by Gasteiger charge is -2.32. The molecule has 0 saturated heterocycles. The van der Waals surface area contributed by atoms with Gasteiger partial charge in [-0.1, -0.05) is 45.0 Å². The van der Waals surface area contributed by atoms with Crippen molar-refractivity contribution in [2.75, 3.05) is 19.6 Å². The number of nitrogens with zero attached hydrogens (tertiary/aromatic N) is 5. The summed E-state index contributed by atoms with van der Waals surface area (Å²) in [7, 11) is 0. The van der Waals surface area contributed by atoms with Crippen LogP contribution in [0, 0.1) is 5.92 Å². The van der Waals surface area contributed by atoms with Crippen LogP contribution in [0.3, 0.4) is 0 Å². The lowest BCUT2D eigenvalue weighted by Crippen LogP contribution is -2.45. The molecule has 0 fully saturated rings. The molecule has 2 heterocycles. The van der Waals surface area contributed by atoms with Crippen molar-refractivity contribution in [2.45, 2.75) is 46.7 Å². The third-order valence-electron chi connectivity index (χ3n) is 4.68. The molecule has 2 aromatic rings. The maximum absolute atomic E-state index is 4.87. The number of hydrogen-bond acceptors (Lipinski definition) is 3. The van der Waals surface area contributed by atoms with Crippen LogP contribution in [0.25, 0.3) is 0 Å². The van der Waals surface area contributed by atoms with Crippen molar-refractivity contribution in [3.8, 4) is 0 Å². The van der Waals surface area contributed by atoms with Gasteiger partial charge in [0, 0.05) is 39.1 Å². The normalized spacial score (nSPS) is 14.6. The van der Waals surface area contributed by atoms with Crippen LogP contribution in [0.4, 0.5) is 0 Å². The van der Waals surface area contributed by atoms with E-state index in [2.05, 4.69) is 70.0 Å². The van der Waals surface area contributed by atoms with Gasteiger partial charge in [-0.05, 0) is 23.5 Å². The van der Waals surface area contributed by atoms with Gasteiger partial charge in [-0.15, -0.1) is 10.2 Å². The number of hydrogen-bond donors (Lipinski definition) is 1. The second-order valence-corrected chi connectivity index (χ2v) is 7.22. The molecule has 26 heavy (non-hydrogen) atoms. The summed E-state index contributed by atoms with van der Waals surface area (Å²) < 4.78 is 2.11. The monoisotopic (exact) mass is 354 g/mol. The van der Waals surface area contributed by atoms with Crippen molar-refractivity contribution in [3.05, 3.63) is 47.5 Å². The van der Waals surface area contributed by atoms with E-state index in [-0.39, 0.29) is 0 Å². The second-order valence-electron chi connectivity index (χ2n) is 7.22. The van der Waals surface area contributed by atoms with E-state index in [0.29, 0.717) is 5.92 Å². The van der Waals surface area contributed by atoms with Gasteiger partial charge in [-0.25, -0.2) is 0 Å². The maximum Gasteiger partial charge on any atom is 0.194 e.